The van der Waals surface area contributed by atoms with Gasteiger partial charge in [0, 0.05) is 32.9 Å². The van der Waals surface area contributed by atoms with Crippen LogP contribution in [0.15, 0.2) is 121 Å². The van der Waals surface area contributed by atoms with Gasteiger partial charge >= 0.3 is 0 Å². The predicted octanol–water partition coefficient (Wildman–Crippen LogP) is 8.47. The fourth-order valence-corrected chi connectivity index (χ4v) is 5.88. The van der Waals surface area contributed by atoms with Gasteiger partial charge in [0.05, 0.1) is 22.1 Å². The Hall–Kier alpha value is -4.56. The minimum absolute atomic E-state index is 1.18. The molecule has 2 nitrogen and oxygen atoms in total. The van der Waals surface area contributed by atoms with Crippen LogP contribution in [0.2, 0.25) is 0 Å². The van der Waals surface area contributed by atoms with Crippen molar-refractivity contribution >= 4 is 54.4 Å². The van der Waals surface area contributed by atoms with Crippen molar-refractivity contribution in [2.45, 2.75) is 0 Å². The van der Waals surface area contributed by atoms with Gasteiger partial charge in [0.1, 0.15) is 0 Å². The first-order valence-corrected chi connectivity index (χ1v) is 11.7. The molecule has 2 heteroatoms. The summed E-state index contributed by atoms with van der Waals surface area (Å²) in [5, 5.41) is 7.82. The fraction of sp³-hybridized carbons (Fsp3) is 0. The summed E-state index contributed by atoms with van der Waals surface area (Å²) >= 11 is 0. The molecule has 8 aromatic rings. The van der Waals surface area contributed by atoms with Gasteiger partial charge in [-0.05, 0) is 53.2 Å². The standard InChI is InChI=1S/C32H20N2/c1-3-11-23(12-4-1)33-27-16-8-7-15-25(27)26-20-22-19-18-21-10-9-17-28-29(21)30(22)32(31(26)33)34(28)24-13-5-2-6-14-24/h1-20H. The summed E-state index contributed by atoms with van der Waals surface area (Å²) in [4.78, 5) is 0. The molecule has 0 radical (unpaired) electrons. The van der Waals surface area contributed by atoms with Crippen LogP contribution in [0.3, 0.4) is 0 Å². The molecule has 2 aromatic heterocycles. The molecular weight excluding hydrogens is 412 g/mol. The lowest BCUT2D eigenvalue weighted by Crippen LogP contribution is -1.98. The zero-order valence-corrected chi connectivity index (χ0v) is 18.4. The zero-order chi connectivity index (χ0) is 22.2. The minimum Gasteiger partial charge on any atom is -0.307 e. The van der Waals surface area contributed by atoms with E-state index in [0.717, 1.165) is 0 Å². The van der Waals surface area contributed by atoms with E-state index < -0.39 is 0 Å². The van der Waals surface area contributed by atoms with Gasteiger partial charge in [-0.3, -0.25) is 0 Å². The molecule has 34 heavy (non-hydrogen) atoms. The normalized spacial score (nSPS) is 12.1. The number of hydrogen-bond donors (Lipinski definition) is 0. The van der Waals surface area contributed by atoms with Crippen LogP contribution in [0.25, 0.3) is 65.8 Å². The van der Waals surface area contributed by atoms with Crippen LogP contribution in [0.5, 0.6) is 0 Å². The lowest BCUT2D eigenvalue weighted by atomic mass is 10.00. The van der Waals surface area contributed by atoms with Crippen molar-refractivity contribution in [3.63, 3.8) is 0 Å². The number of hydrogen-bond acceptors (Lipinski definition) is 0. The molecule has 0 unspecified atom stereocenters. The summed E-state index contributed by atoms with van der Waals surface area (Å²) in [7, 11) is 0. The van der Waals surface area contributed by atoms with Crippen LogP contribution >= 0.6 is 0 Å². The second kappa shape index (κ2) is 6.49. The van der Waals surface area contributed by atoms with Crippen molar-refractivity contribution < 1.29 is 0 Å². The Labute approximate surface area is 196 Å². The third-order valence-electron chi connectivity index (χ3n) is 7.22. The number of benzene rings is 6. The van der Waals surface area contributed by atoms with Gasteiger partial charge < -0.3 is 9.13 Å². The van der Waals surface area contributed by atoms with E-state index in [1.165, 1.54) is 65.8 Å². The summed E-state index contributed by atoms with van der Waals surface area (Å²) < 4.78 is 4.91. The topological polar surface area (TPSA) is 9.86 Å². The summed E-state index contributed by atoms with van der Waals surface area (Å²) in [6.07, 6.45) is 0. The molecule has 2 heterocycles. The highest BCUT2D eigenvalue weighted by molar-refractivity contribution is 6.32. The number of rotatable bonds is 2. The van der Waals surface area contributed by atoms with Crippen molar-refractivity contribution in [1.82, 2.24) is 9.13 Å². The average molecular weight is 433 g/mol. The number of aromatic nitrogens is 2. The zero-order valence-electron chi connectivity index (χ0n) is 18.4. The number of nitrogens with zero attached hydrogens (tertiary/aromatic N) is 2. The Balaban J connectivity index is 1.75. The Morgan fingerprint density at radius 3 is 1.76 bits per heavy atom. The van der Waals surface area contributed by atoms with E-state index in [-0.39, 0.29) is 0 Å². The van der Waals surface area contributed by atoms with Crippen LogP contribution in [0.1, 0.15) is 0 Å². The van der Waals surface area contributed by atoms with Crippen molar-refractivity contribution in [1.29, 1.82) is 0 Å². The van der Waals surface area contributed by atoms with Crippen molar-refractivity contribution in [2.24, 2.45) is 0 Å². The second-order valence-electron chi connectivity index (χ2n) is 9.02. The lowest BCUT2D eigenvalue weighted by Gasteiger charge is -2.12. The molecule has 0 saturated heterocycles. The first-order chi connectivity index (χ1) is 16.9. The van der Waals surface area contributed by atoms with Crippen molar-refractivity contribution in [3.8, 4) is 11.4 Å². The maximum absolute atomic E-state index is 2.46. The number of fused-ring (bicyclic) bond motifs is 4. The molecule has 0 bridgehead atoms. The van der Waals surface area contributed by atoms with E-state index in [4.69, 9.17) is 0 Å². The van der Waals surface area contributed by atoms with Crippen LogP contribution in [0.4, 0.5) is 0 Å². The summed E-state index contributed by atoms with van der Waals surface area (Å²) in [6.45, 7) is 0. The SMILES string of the molecule is c1ccc(-n2c3ccccc3c3cc4ccc5cccc6c5c4c(c32)n6-c2ccccc2)cc1. The summed E-state index contributed by atoms with van der Waals surface area (Å²) in [5.41, 5.74) is 7.38. The summed E-state index contributed by atoms with van der Waals surface area (Å²) in [6, 6.07) is 43.9. The Kier molecular flexibility index (Phi) is 3.42. The molecule has 158 valence electrons. The Morgan fingerprint density at radius 1 is 0.382 bits per heavy atom. The van der Waals surface area contributed by atoms with E-state index in [2.05, 4.69) is 130 Å². The van der Waals surface area contributed by atoms with Crippen LogP contribution in [-0.4, -0.2) is 9.13 Å². The van der Waals surface area contributed by atoms with E-state index in [9.17, 15) is 0 Å². The quantitative estimate of drug-likeness (QED) is 0.242. The lowest BCUT2D eigenvalue weighted by molar-refractivity contribution is 1.15. The Bertz CT molecular complexity index is 1990. The van der Waals surface area contributed by atoms with Gasteiger partial charge in [0.25, 0.3) is 0 Å². The van der Waals surface area contributed by atoms with Gasteiger partial charge in [0.2, 0.25) is 0 Å². The van der Waals surface area contributed by atoms with Gasteiger partial charge in [0.15, 0.2) is 0 Å². The highest BCUT2D eigenvalue weighted by atomic mass is 15.0. The van der Waals surface area contributed by atoms with E-state index >= 15 is 0 Å². The average Bonchev–Trinajstić information content (AvgIpc) is 3.42. The van der Waals surface area contributed by atoms with Gasteiger partial charge in [-0.25, -0.2) is 0 Å². The molecule has 6 aromatic carbocycles. The van der Waals surface area contributed by atoms with E-state index in [0.29, 0.717) is 0 Å². The Morgan fingerprint density at radius 2 is 1.00 bits per heavy atom. The molecule has 0 aliphatic carbocycles. The molecule has 0 saturated carbocycles. The molecule has 0 fully saturated rings. The number of para-hydroxylation sites is 3. The molecule has 0 amide bonds. The van der Waals surface area contributed by atoms with Gasteiger partial charge in [-0.15, -0.1) is 0 Å². The maximum Gasteiger partial charge on any atom is 0.0795 e. The molecule has 0 spiro atoms. The largest absolute Gasteiger partial charge is 0.307 e. The van der Waals surface area contributed by atoms with Crippen LogP contribution < -0.4 is 0 Å². The highest BCUT2D eigenvalue weighted by Gasteiger charge is 2.23. The molecular formula is C32H20N2. The van der Waals surface area contributed by atoms with Crippen molar-refractivity contribution in [2.75, 3.05) is 0 Å². The minimum atomic E-state index is 1.18. The molecule has 0 aliphatic rings. The van der Waals surface area contributed by atoms with Gasteiger partial charge in [-0.1, -0.05) is 78.9 Å². The monoisotopic (exact) mass is 432 g/mol. The predicted molar refractivity (Wildman–Crippen MR) is 144 cm³/mol. The van der Waals surface area contributed by atoms with E-state index in [1.54, 1.807) is 0 Å². The first kappa shape index (κ1) is 17.9. The van der Waals surface area contributed by atoms with Crippen LogP contribution in [0, 0.1) is 0 Å². The fourth-order valence-electron chi connectivity index (χ4n) is 5.88. The molecule has 0 N–H and O–H groups in total. The van der Waals surface area contributed by atoms with Crippen LogP contribution in [-0.2, 0) is 0 Å². The second-order valence-corrected chi connectivity index (χ2v) is 9.02. The van der Waals surface area contributed by atoms with Gasteiger partial charge in [-0.2, -0.15) is 0 Å². The molecule has 8 rings (SSSR count). The van der Waals surface area contributed by atoms with E-state index in [1.807, 2.05) is 0 Å². The summed E-state index contributed by atoms with van der Waals surface area (Å²) in [5.74, 6) is 0. The third-order valence-corrected chi connectivity index (χ3v) is 7.22. The maximum atomic E-state index is 2.46. The highest BCUT2D eigenvalue weighted by Crippen LogP contribution is 2.45. The molecule has 0 atom stereocenters. The smallest absolute Gasteiger partial charge is 0.0795 e. The molecule has 0 aliphatic heterocycles. The van der Waals surface area contributed by atoms with Crippen molar-refractivity contribution in [3.05, 3.63) is 121 Å². The first-order valence-electron chi connectivity index (χ1n) is 11.7. The third kappa shape index (κ3) is 2.20.